The Morgan fingerprint density at radius 3 is 2.92 bits per heavy atom. The highest BCUT2D eigenvalue weighted by molar-refractivity contribution is 7.99. The molecule has 0 unspecified atom stereocenters. The largest absolute Gasteiger partial charge is 0.465 e. The second-order valence-corrected chi connectivity index (χ2v) is 6.61. The number of H-pyrrole nitrogens is 2. The quantitative estimate of drug-likeness (QED) is 0.326. The Hall–Kier alpha value is -2.87. The molecule has 0 fully saturated rings. The van der Waals surface area contributed by atoms with Crippen LogP contribution in [0.15, 0.2) is 40.4 Å². The van der Waals surface area contributed by atoms with Gasteiger partial charge < -0.3 is 14.7 Å². The van der Waals surface area contributed by atoms with Crippen LogP contribution >= 0.6 is 11.8 Å². The summed E-state index contributed by atoms with van der Waals surface area (Å²) in [7, 11) is 0. The van der Waals surface area contributed by atoms with E-state index in [9.17, 15) is 14.0 Å². The minimum Gasteiger partial charge on any atom is -0.465 e. The summed E-state index contributed by atoms with van der Waals surface area (Å²) < 4.78 is 18.7. The van der Waals surface area contributed by atoms with E-state index >= 15 is 0 Å². The smallest absolute Gasteiger partial charge is 0.316 e. The molecule has 6 nitrogen and oxygen atoms in total. The van der Waals surface area contributed by atoms with Crippen LogP contribution in [-0.2, 0) is 9.53 Å². The first-order valence-corrected chi connectivity index (χ1v) is 8.98. The molecular formula is C18H14FN3O3S. The highest BCUT2D eigenvalue weighted by atomic mass is 32.2. The number of thioether (sulfide) groups is 1. The second-order valence-electron chi connectivity index (χ2n) is 5.64. The van der Waals surface area contributed by atoms with Crippen LogP contribution in [0, 0.1) is 5.82 Å². The summed E-state index contributed by atoms with van der Waals surface area (Å²) in [5.41, 5.74) is 1.00. The molecule has 0 spiro atoms. The number of ether oxygens (including phenoxy) is 1. The van der Waals surface area contributed by atoms with Gasteiger partial charge in [-0.25, -0.2) is 9.37 Å². The SMILES string of the molecule is CCOC(=O)CSc1nc2c3cc[nH]c(=O)c3c3cc(F)ccc3c2[nH]1. The minimum absolute atomic E-state index is 0.124. The molecule has 0 atom stereocenters. The van der Waals surface area contributed by atoms with Crippen LogP contribution in [0.1, 0.15) is 6.92 Å². The van der Waals surface area contributed by atoms with Gasteiger partial charge in [-0.05, 0) is 31.2 Å². The first-order chi connectivity index (χ1) is 12.6. The maximum Gasteiger partial charge on any atom is 0.316 e. The summed E-state index contributed by atoms with van der Waals surface area (Å²) in [6.07, 6.45) is 1.54. The third kappa shape index (κ3) is 2.72. The summed E-state index contributed by atoms with van der Waals surface area (Å²) in [4.78, 5) is 34.3. The molecule has 0 bridgehead atoms. The first-order valence-electron chi connectivity index (χ1n) is 7.99. The molecule has 0 saturated carbocycles. The van der Waals surface area contributed by atoms with Gasteiger partial charge in [-0.3, -0.25) is 9.59 Å². The Morgan fingerprint density at radius 2 is 2.12 bits per heavy atom. The van der Waals surface area contributed by atoms with Gasteiger partial charge in [0, 0.05) is 22.4 Å². The Kier molecular flexibility index (Phi) is 4.12. The van der Waals surface area contributed by atoms with Crippen LogP contribution in [0.3, 0.4) is 0 Å². The number of aromatic amines is 2. The zero-order chi connectivity index (χ0) is 18.3. The normalized spacial score (nSPS) is 11.5. The van der Waals surface area contributed by atoms with Gasteiger partial charge in [0.2, 0.25) is 0 Å². The Bertz CT molecular complexity index is 1220. The van der Waals surface area contributed by atoms with Gasteiger partial charge in [0.25, 0.3) is 5.56 Å². The molecule has 0 aliphatic rings. The maximum absolute atomic E-state index is 13.8. The number of hydrogen-bond acceptors (Lipinski definition) is 5. The Labute approximate surface area is 150 Å². The number of hydrogen-bond donors (Lipinski definition) is 2. The van der Waals surface area contributed by atoms with E-state index in [0.717, 1.165) is 0 Å². The van der Waals surface area contributed by atoms with Crippen molar-refractivity contribution in [3.63, 3.8) is 0 Å². The molecule has 4 rings (SSSR count). The molecule has 0 amide bonds. The molecule has 2 aromatic heterocycles. The van der Waals surface area contributed by atoms with Crippen LogP contribution in [0.25, 0.3) is 32.6 Å². The Balaban J connectivity index is 1.95. The number of fused-ring (bicyclic) bond motifs is 6. The molecule has 2 heterocycles. The van der Waals surface area contributed by atoms with Gasteiger partial charge in [0.15, 0.2) is 5.16 Å². The predicted molar refractivity (Wildman–Crippen MR) is 99.0 cm³/mol. The average Bonchev–Trinajstić information content (AvgIpc) is 3.05. The highest BCUT2D eigenvalue weighted by Crippen LogP contribution is 2.33. The topological polar surface area (TPSA) is 87.8 Å². The number of carbonyl (C=O) groups excluding carboxylic acids is 1. The van der Waals surface area contributed by atoms with Gasteiger partial charge in [-0.15, -0.1) is 0 Å². The van der Waals surface area contributed by atoms with Gasteiger partial charge >= 0.3 is 5.97 Å². The number of halogens is 1. The zero-order valence-electron chi connectivity index (χ0n) is 13.8. The molecular weight excluding hydrogens is 357 g/mol. The van der Waals surface area contributed by atoms with Crippen molar-refractivity contribution < 1.29 is 13.9 Å². The average molecular weight is 371 g/mol. The molecule has 2 N–H and O–H groups in total. The van der Waals surface area contributed by atoms with E-state index in [-0.39, 0.29) is 17.3 Å². The fourth-order valence-electron chi connectivity index (χ4n) is 3.02. The number of nitrogens with zero attached hydrogens (tertiary/aromatic N) is 1. The summed E-state index contributed by atoms with van der Waals surface area (Å²) in [5, 5.41) is 2.76. The number of benzene rings is 2. The third-order valence-corrected chi connectivity index (χ3v) is 4.90. The number of imidazole rings is 1. The zero-order valence-corrected chi connectivity index (χ0v) is 14.6. The van der Waals surface area contributed by atoms with Crippen molar-refractivity contribution in [2.24, 2.45) is 0 Å². The van der Waals surface area contributed by atoms with Crippen molar-refractivity contribution in [2.45, 2.75) is 12.1 Å². The van der Waals surface area contributed by atoms with Crippen molar-refractivity contribution in [1.29, 1.82) is 0 Å². The molecule has 0 aliphatic heterocycles. The molecule has 0 radical (unpaired) electrons. The molecule has 8 heteroatoms. The summed E-state index contributed by atoms with van der Waals surface area (Å²) in [6.45, 7) is 2.07. The van der Waals surface area contributed by atoms with Crippen LogP contribution < -0.4 is 5.56 Å². The van der Waals surface area contributed by atoms with Crippen LogP contribution in [-0.4, -0.2) is 33.3 Å². The molecule has 0 saturated heterocycles. The highest BCUT2D eigenvalue weighted by Gasteiger charge is 2.16. The van der Waals surface area contributed by atoms with Gasteiger partial charge in [-0.1, -0.05) is 11.8 Å². The van der Waals surface area contributed by atoms with E-state index in [2.05, 4.69) is 15.0 Å². The predicted octanol–water partition coefficient (Wildman–Crippen LogP) is 3.35. The lowest BCUT2D eigenvalue weighted by atomic mass is 10.0. The van der Waals surface area contributed by atoms with Gasteiger partial charge in [0.05, 0.1) is 28.8 Å². The van der Waals surface area contributed by atoms with Crippen molar-refractivity contribution in [1.82, 2.24) is 15.0 Å². The number of aromatic nitrogens is 3. The molecule has 132 valence electrons. The fourth-order valence-corrected chi connectivity index (χ4v) is 3.69. The van der Waals surface area contributed by atoms with Crippen molar-refractivity contribution in [3.05, 3.63) is 46.6 Å². The first kappa shape index (κ1) is 16.6. The van der Waals surface area contributed by atoms with E-state index in [1.54, 1.807) is 19.1 Å². The maximum atomic E-state index is 13.8. The summed E-state index contributed by atoms with van der Waals surface area (Å²) in [6, 6.07) is 6.05. The lowest BCUT2D eigenvalue weighted by Crippen LogP contribution is -2.06. The number of nitrogens with one attached hydrogen (secondary N) is 2. The summed E-state index contributed by atoms with van der Waals surface area (Å²) in [5.74, 6) is -0.623. The van der Waals surface area contributed by atoms with E-state index < -0.39 is 5.82 Å². The molecule has 26 heavy (non-hydrogen) atoms. The fraction of sp³-hybridized carbons (Fsp3) is 0.167. The Morgan fingerprint density at radius 1 is 1.27 bits per heavy atom. The molecule has 2 aromatic carbocycles. The van der Waals surface area contributed by atoms with Crippen molar-refractivity contribution in [3.8, 4) is 0 Å². The van der Waals surface area contributed by atoms with Crippen molar-refractivity contribution >= 4 is 50.3 Å². The number of carbonyl (C=O) groups is 1. The second kappa shape index (κ2) is 6.45. The number of esters is 1. The molecule has 0 aliphatic carbocycles. The third-order valence-electron chi connectivity index (χ3n) is 4.05. The number of rotatable bonds is 4. The van der Waals surface area contributed by atoms with Gasteiger partial charge in [0.1, 0.15) is 5.82 Å². The van der Waals surface area contributed by atoms with Crippen molar-refractivity contribution in [2.75, 3.05) is 12.4 Å². The lowest BCUT2D eigenvalue weighted by molar-refractivity contribution is -0.139. The van der Waals surface area contributed by atoms with E-state index in [1.807, 2.05) is 0 Å². The van der Waals surface area contributed by atoms with Crippen LogP contribution in [0.4, 0.5) is 4.39 Å². The summed E-state index contributed by atoms with van der Waals surface area (Å²) >= 11 is 1.22. The van der Waals surface area contributed by atoms with E-state index in [0.29, 0.717) is 44.3 Å². The number of pyridine rings is 1. The minimum atomic E-state index is -0.419. The molecule has 4 aromatic rings. The van der Waals surface area contributed by atoms with E-state index in [1.165, 1.54) is 30.1 Å². The standard InChI is InChI=1S/C18H14FN3O3S/c1-2-25-13(23)8-26-18-21-15-10-4-3-9(19)7-12(10)14-11(16(15)22-18)5-6-20-17(14)24/h3-7H,2,8H2,1H3,(H,20,24)(H,21,22). The monoisotopic (exact) mass is 371 g/mol. The van der Waals surface area contributed by atoms with E-state index in [4.69, 9.17) is 4.74 Å². The van der Waals surface area contributed by atoms with Gasteiger partial charge in [-0.2, -0.15) is 0 Å². The lowest BCUT2D eigenvalue weighted by Gasteiger charge is -2.05. The van der Waals surface area contributed by atoms with Crippen LogP contribution in [0.2, 0.25) is 0 Å². The van der Waals surface area contributed by atoms with Crippen LogP contribution in [0.5, 0.6) is 0 Å².